The Balaban J connectivity index is 2.91. The van der Waals surface area contributed by atoms with E-state index in [2.05, 4.69) is 15.3 Å². The zero-order valence-corrected chi connectivity index (χ0v) is 7.73. The smallest absolute Gasteiger partial charge is 0.299 e. The van der Waals surface area contributed by atoms with Gasteiger partial charge < -0.3 is 0 Å². The van der Waals surface area contributed by atoms with Gasteiger partial charge in [-0.1, -0.05) is 11.6 Å². The molecule has 1 aromatic rings. The molecule has 0 aliphatic heterocycles. The lowest BCUT2D eigenvalue weighted by molar-refractivity contribution is -0.111. The van der Waals surface area contributed by atoms with E-state index in [0.29, 0.717) is 0 Å². The first-order chi connectivity index (χ1) is 6.11. The van der Waals surface area contributed by atoms with Crippen molar-refractivity contribution in [3.8, 4) is 12.3 Å². The van der Waals surface area contributed by atoms with Gasteiger partial charge >= 0.3 is 5.91 Å². The molecule has 0 atom stereocenters. The highest BCUT2D eigenvalue weighted by molar-refractivity contribution is 6.32. The summed E-state index contributed by atoms with van der Waals surface area (Å²) >= 11 is 11.0. The van der Waals surface area contributed by atoms with Gasteiger partial charge in [0.15, 0.2) is 0 Å². The lowest BCUT2D eigenvalue weighted by Gasteiger charge is -1.99. The summed E-state index contributed by atoms with van der Waals surface area (Å²) in [7, 11) is 0. The number of amides is 1. The van der Waals surface area contributed by atoms with Gasteiger partial charge in [-0.15, -0.1) is 6.42 Å². The molecule has 0 saturated carbocycles. The standard InChI is InChI=1S/C7H3Cl2N3O/c1-2-6(13)11-5-3-4(8)10-7(9)12-5/h1,3H,(H,10,11,12,13). The molecular formula is C7H3Cl2N3O. The number of nitrogens with zero attached hydrogens (tertiary/aromatic N) is 2. The Morgan fingerprint density at radius 1 is 1.54 bits per heavy atom. The molecule has 1 aromatic heterocycles. The van der Waals surface area contributed by atoms with Gasteiger partial charge in [-0.25, -0.2) is 9.97 Å². The predicted octanol–water partition coefficient (Wildman–Crippen LogP) is 1.36. The van der Waals surface area contributed by atoms with Crippen LogP contribution in [0.15, 0.2) is 6.07 Å². The van der Waals surface area contributed by atoms with E-state index in [-0.39, 0.29) is 16.3 Å². The quantitative estimate of drug-likeness (QED) is 0.438. The average Bonchev–Trinajstić information content (AvgIpc) is 2.02. The van der Waals surface area contributed by atoms with Crippen LogP contribution in [0.3, 0.4) is 0 Å². The number of hydrogen-bond acceptors (Lipinski definition) is 3. The highest BCUT2D eigenvalue weighted by atomic mass is 35.5. The van der Waals surface area contributed by atoms with Crippen molar-refractivity contribution in [3.05, 3.63) is 16.5 Å². The molecule has 13 heavy (non-hydrogen) atoms. The summed E-state index contributed by atoms with van der Waals surface area (Å²) < 4.78 is 0. The van der Waals surface area contributed by atoms with Gasteiger partial charge in [0.25, 0.3) is 0 Å². The molecule has 66 valence electrons. The van der Waals surface area contributed by atoms with Crippen LogP contribution in [0, 0.1) is 12.3 Å². The zero-order valence-electron chi connectivity index (χ0n) is 6.21. The lowest BCUT2D eigenvalue weighted by atomic mass is 10.5. The van der Waals surface area contributed by atoms with Crippen molar-refractivity contribution in [1.29, 1.82) is 0 Å². The van der Waals surface area contributed by atoms with Crippen LogP contribution in [0.25, 0.3) is 0 Å². The second-order valence-electron chi connectivity index (χ2n) is 1.94. The molecule has 0 aromatic carbocycles. The molecule has 6 heteroatoms. The molecule has 1 rings (SSSR count). The van der Waals surface area contributed by atoms with Crippen molar-refractivity contribution in [3.63, 3.8) is 0 Å². The van der Waals surface area contributed by atoms with Crippen molar-refractivity contribution in [1.82, 2.24) is 9.97 Å². The molecule has 1 N–H and O–H groups in total. The van der Waals surface area contributed by atoms with Crippen LogP contribution in [-0.4, -0.2) is 15.9 Å². The molecule has 0 spiro atoms. The minimum Gasteiger partial charge on any atom is -0.299 e. The summed E-state index contributed by atoms with van der Waals surface area (Å²) in [6.45, 7) is 0. The SMILES string of the molecule is C#CC(=O)Nc1cc(Cl)nc(Cl)n1. The fourth-order valence-corrected chi connectivity index (χ4v) is 1.02. The van der Waals surface area contributed by atoms with Gasteiger partial charge in [0.2, 0.25) is 5.28 Å². The first-order valence-corrected chi connectivity index (χ1v) is 3.85. The average molecular weight is 216 g/mol. The zero-order chi connectivity index (χ0) is 9.84. The lowest BCUT2D eigenvalue weighted by Crippen LogP contribution is -2.09. The number of carbonyl (C=O) groups is 1. The van der Waals surface area contributed by atoms with Gasteiger partial charge in [-0.2, -0.15) is 0 Å². The maximum Gasteiger partial charge on any atom is 0.301 e. The van der Waals surface area contributed by atoms with Gasteiger partial charge in [-0.3, -0.25) is 10.1 Å². The summed E-state index contributed by atoms with van der Waals surface area (Å²) in [6, 6.07) is 1.34. The number of nitrogens with one attached hydrogen (secondary N) is 1. The predicted molar refractivity (Wildman–Crippen MR) is 49.5 cm³/mol. The number of hydrogen-bond donors (Lipinski definition) is 1. The second kappa shape index (κ2) is 4.08. The van der Waals surface area contributed by atoms with E-state index in [1.54, 1.807) is 0 Å². The molecule has 1 heterocycles. The highest BCUT2D eigenvalue weighted by Gasteiger charge is 2.03. The third-order valence-corrected chi connectivity index (χ3v) is 1.40. The summed E-state index contributed by atoms with van der Waals surface area (Å²) in [5.74, 6) is 1.41. The number of terminal acetylenes is 1. The maximum absolute atomic E-state index is 10.7. The molecular weight excluding hydrogens is 213 g/mol. The minimum absolute atomic E-state index is 0.0557. The van der Waals surface area contributed by atoms with Gasteiger partial charge in [-0.05, 0) is 17.5 Å². The van der Waals surface area contributed by atoms with Crippen LogP contribution in [0.4, 0.5) is 5.82 Å². The summed E-state index contributed by atoms with van der Waals surface area (Å²) in [5, 5.41) is 2.35. The largest absolute Gasteiger partial charge is 0.301 e. The van der Waals surface area contributed by atoms with Crippen molar-refractivity contribution in [2.24, 2.45) is 0 Å². The number of halogens is 2. The molecule has 0 bridgehead atoms. The van der Waals surface area contributed by atoms with E-state index >= 15 is 0 Å². The Hall–Kier alpha value is -1.31. The summed E-state index contributed by atoms with van der Waals surface area (Å²) in [6.07, 6.45) is 4.82. The normalized spacial score (nSPS) is 9.00. The first kappa shape index (κ1) is 9.78. The molecule has 1 amide bonds. The Kier molecular flexibility index (Phi) is 3.07. The van der Waals surface area contributed by atoms with Crippen molar-refractivity contribution < 1.29 is 4.79 Å². The third kappa shape index (κ3) is 2.90. The van der Waals surface area contributed by atoms with E-state index in [9.17, 15) is 4.79 Å². The summed E-state index contributed by atoms with van der Waals surface area (Å²) in [4.78, 5) is 18.0. The fraction of sp³-hybridized carbons (Fsp3) is 0. The maximum atomic E-state index is 10.7. The monoisotopic (exact) mass is 215 g/mol. The van der Waals surface area contributed by atoms with Crippen LogP contribution in [0.1, 0.15) is 0 Å². The Labute approximate surface area is 84.3 Å². The number of aromatic nitrogens is 2. The van der Waals surface area contributed by atoms with E-state index in [1.165, 1.54) is 6.07 Å². The van der Waals surface area contributed by atoms with Crippen LogP contribution in [0.2, 0.25) is 10.4 Å². The number of carbonyl (C=O) groups excluding carboxylic acids is 1. The number of anilines is 1. The van der Waals surface area contributed by atoms with Crippen LogP contribution < -0.4 is 5.32 Å². The van der Waals surface area contributed by atoms with Crippen molar-refractivity contribution >= 4 is 34.9 Å². The molecule has 0 aliphatic carbocycles. The number of rotatable bonds is 1. The molecule has 0 saturated heterocycles. The second-order valence-corrected chi connectivity index (χ2v) is 2.67. The molecule has 0 unspecified atom stereocenters. The Morgan fingerprint density at radius 3 is 2.77 bits per heavy atom. The molecule has 0 aliphatic rings. The highest BCUT2D eigenvalue weighted by Crippen LogP contribution is 2.13. The van der Waals surface area contributed by atoms with Crippen LogP contribution in [0.5, 0.6) is 0 Å². The fourth-order valence-electron chi connectivity index (χ4n) is 0.606. The van der Waals surface area contributed by atoms with Crippen molar-refractivity contribution in [2.45, 2.75) is 0 Å². The van der Waals surface area contributed by atoms with E-state index in [0.717, 1.165) is 0 Å². The van der Waals surface area contributed by atoms with Crippen LogP contribution in [-0.2, 0) is 4.79 Å². The topological polar surface area (TPSA) is 54.9 Å². The van der Waals surface area contributed by atoms with Gasteiger partial charge in [0, 0.05) is 6.07 Å². The molecule has 0 radical (unpaired) electrons. The van der Waals surface area contributed by atoms with E-state index in [4.69, 9.17) is 29.6 Å². The Morgan fingerprint density at radius 2 is 2.23 bits per heavy atom. The van der Waals surface area contributed by atoms with E-state index < -0.39 is 5.91 Å². The molecule has 4 nitrogen and oxygen atoms in total. The first-order valence-electron chi connectivity index (χ1n) is 3.09. The van der Waals surface area contributed by atoms with E-state index in [1.807, 2.05) is 5.92 Å². The Bertz CT molecular complexity index is 366. The third-order valence-electron chi connectivity index (χ3n) is 1.04. The van der Waals surface area contributed by atoms with Gasteiger partial charge in [0.1, 0.15) is 11.0 Å². The molecule has 0 fully saturated rings. The summed E-state index contributed by atoms with van der Waals surface area (Å²) in [5.41, 5.74) is 0. The van der Waals surface area contributed by atoms with Crippen LogP contribution >= 0.6 is 23.2 Å². The minimum atomic E-state index is -0.620. The van der Waals surface area contributed by atoms with Crippen molar-refractivity contribution in [2.75, 3.05) is 5.32 Å². The van der Waals surface area contributed by atoms with Gasteiger partial charge in [0.05, 0.1) is 0 Å².